The van der Waals surface area contributed by atoms with Crippen molar-refractivity contribution >= 4 is 17.6 Å². The lowest BCUT2D eigenvalue weighted by Gasteiger charge is -2.20. The van der Waals surface area contributed by atoms with E-state index in [0.717, 1.165) is 0 Å². The molecule has 17 heavy (non-hydrogen) atoms. The third-order valence-electron chi connectivity index (χ3n) is 2.27. The Hall–Kier alpha value is -1.26. The molecule has 94 valence electrons. The van der Waals surface area contributed by atoms with Crippen molar-refractivity contribution in [1.82, 2.24) is 5.32 Å². The molecule has 0 amide bonds. The van der Waals surface area contributed by atoms with Crippen LogP contribution in [0.2, 0.25) is 5.02 Å². The largest absolute Gasteiger partial charge is 0.496 e. The Kier molecular flexibility index (Phi) is 4.78. The highest BCUT2D eigenvalue weighted by atomic mass is 35.5. The van der Waals surface area contributed by atoms with E-state index in [-0.39, 0.29) is 6.04 Å². The van der Waals surface area contributed by atoms with E-state index < -0.39 is 12.0 Å². The molecular weight excluding hydrogens is 242 g/mol. The molecule has 0 bridgehead atoms. The Morgan fingerprint density at radius 3 is 2.59 bits per heavy atom. The van der Waals surface area contributed by atoms with Gasteiger partial charge in [-0.2, -0.15) is 0 Å². The van der Waals surface area contributed by atoms with Crippen molar-refractivity contribution in [3.05, 3.63) is 28.8 Å². The Morgan fingerprint density at radius 1 is 1.47 bits per heavy atom. The van der Waals surface area contributed by atoms with Gasteiger partial charge in [-0.1, -0.05) is 17.7 Å². The van der Waals surface area contributed by atoms with Gasteiger partial charge in [0.2, 0.25) is 0 Å². The molecule has 2 N–H and O–H groups in total. The molecule has 0 aliphatic heterocycles. The van der Waals surface area contributed by atoms with Crippen molar-refractivity contribution in [3.63, 3.8) is 0 Å². The summed E-state index contributed by atoms with van der Waals surface area (Å²) in [6.45, 7) is 3.75. The van der Waals surface area contributed by atoms with Crippen molar-refractivity contribution in [2.24, 2.45) is 0 Å². The summed E-state index contributed by atoms with van der Waals surface area (Å²) in [7, 11) is 1.49. The number of hydrogen-bond donors (Lipinski definition) is 2. The molecule has 0 saturated carbocycles. The summed E-state index contributed by atoms with van der Waals surface area (Å²) in [6, 6.07) is 4.21. The fourth-order valence-electron chi connectivity index (χ4n) is 1.59. The summed E-state index contributed by atoms with van der Waals surface area (Å²) in [5, 5.41) is 12.6. The number of ether oxygens (including phenoxy) is 1. The lowest BCUT2D eigenvalue weighted by molar-refractivity contribution is -0.139. The Labute approximate surface area is 106 Å². The molecule has 0 aliphatic rings. The SMILES string of the molecule is COc1cccc(Cl)c1C(NC(C)C)C(=O)O. The maximum absolute atomic E-state index is 11.3. The van der Waals surface area contributed by atoms with Crippen LogP contribution in [0.4, 0.5) is 0 Å². The second kappa shape index (κ2) is 5.89. The fourth-order valence-corrected chi connectivity index (χ4v) is 1.86. The minimum atomic E-state index is -0.981. The number of benzene rings is 1. The van der Waals surface area contributed by atoms with Crippen molar-refractivity contribution in [3.8, 4) is 5.75 Å². The Morgan fingerprint density at radius 2 is 2.12 bits per heavy atom. The van der Waals surface area contributed by atoms with Gasteiger partial charge in [-0.3, -0.25) is 10.1 Å². The van der Waals surface area contributed by atoms with Crippen molar-refractivity contribution in [1.29, 1.82) is 0 Å². The van der Waals surface area contributed by atoms with Crippen LogP contribution in [0.3, 0.4) is 0 Å². The minimum Gasteiger partial charge on any atom is -0.496 e. The van der Waals surface area contributed by atoms with Gasteiger partial charge < -0.3 is 9.84 Å². The number of carboxylic acids is 1. The zero-order valence-electron chi connectivity index (χ0n) is 10.0. The van der Waals surface area contributed by atoms with E-state index in [1.807, 2.05) is 13.8 Å². The van der Waals surface area contributed by atoms with Crippen LogP contribution < -0.4 is 10.1 Å². The minimum absolute atomic E-state index is 0.0251. The first-order valence-electron chi connectivity index (χ1n) is 5.28. The van der Waals surface area contributed by atoms with Crippen LogP contribution in [-0.4, -0.2) is 24.2 Å². The molecule has 1 aromatic rings. The number of nitrogens with one attached hydrogen (secondary N) is 1. The summed E-state index contributed by atoms with van der Waals surface area (Å²) < 4.78 is 5.15. The molecule has 1 atom stereocenters. The van der Waals surface area contributed by atoms with Gasteiger partial charge in [0.25, 0.3) is 0 Å². The molecule has 1 unspecified atom stereocenters. The molecule has 0 spiro atoms. The van der Waals surface area contributed by atoms with Crippen LogP contribution in [-0.2, 0) is 4.79 Å². The molecular formula is C12H16ClNO3. The molecule has 0 heterocycles. The first-order chi connectivity index (χ1) is 7.97. The molecule has 0 aromatic heterocycles. The van der Waals surface area contributed by atoms with Crippen molar-refractivity contribution in [2.75, 3.05) is 7.11 Å². The van der Waals surface area contributed by atoms with E-state index in [2.05, 4.69) is 5.32 Å². The summed E-state index contributed by atoms with van der Waals surface area (Å²) in [5.74, 6) is -0.511. The van der Waals surface area contributed by atoms with E-state index in [9.17, 15) is 9.90 Å². The van der Waals surface area contributed by atoms with Gasteiger partial charge in [-0.25, -0.2) is 0 Å². The van der Waals surface area contributed by atoms with Gasteiger partial charge in [0.15, 0.2) is 0 Å². The van der Waals surface area contributed by atoms with E-state index >= 15 is 0 Å². The highest BCUT2D eigenvalue weighted by Gasteiger charge is 2.26. The summed E-state index contributed by atoms with van der Waals surface area (Å²) in [4.78, 5) is 11.3. The van der Waals surface area contributed by atoms with Crippen LogP contribution in [0, 0.1) is 0 Å². The van der Waals surface area contributed by atoms with Crippen LogP contribution in [0.1, 0.15) is 25.5 Å². The third-order valence-corrected chi connectivity index (χ3v) is 2.60. The smallest absolute Gasteiger partial charge is 0.325 e. The van der Waals surface area contributed by atoms with Gasteiger partial charge in [0, 0.05) is 16.6 Å². The lowest BCUT2D eigenvalue weighted by atomic mass is 10.0. The highest BCUT2D eigenvalue weighted by molar-refractivity contribution is 6.31. The van der Waals surface area contributed by atoms with Crippen LogP contribution >= 0.6 is 11.6 Å². The van der Waals surface area contributed by atoms with E-state index in [0.29, 0.717) is 16.3 Å². The number of hydrogen-bond acceptors (Lipinski definition) is 3. The second-order valence-corrected chi connectivity index (χ2v) is 4.36. The summed E-state index contributed by atoms with van der Waals surface area (Å²) >= 11 is 6.05. The molecule has 0 radical (unpaired) electrons. The Bertz CT molecular complexity index is 407. The normalized spacial score (nSPS) is 12.5. The lowest BCUT2D eigenvalue weighted by Crippen LogP contribution is -2.34. The van der Waals surface area contributed by atoms with E-state index in [4.69, 9.17) is 16.3 Å². The zero-order chi connectivity index (χ0) is 13.0. The van der Waals surface area contributed by atoms with Gasteiger partial charge >= 0.3 is 5.97 Å². The number of halogens is 1. The maximum Gasteiger partial charge on any atom is 0.325 e. The predicted molar refractivity (Wildman–Crippen MR) is 66.7 cm³/mol. The van der Waals surface area contributed by atoms with Crippen LogP contribution in [0.15, 0.2) is 18.2 Å². The standard InChI is InChI=1S/C12H16ClNO3/c1-7(2)14-11(12(15)16)10-8(13)5-4-6-9(10)17-3/h4-7,11,14H,1-3H3,(H,15,16). The van der Waals surface area contributed by atoms with Gasteiger partial charge in [0.1, 0.15) is 11.8 Å². The third kappa shape index (κ3) is 3.35. The first kappa shape index (κ1) is 13.8. The Balaban J connectivity index is 3.21. The summed E-state index contributed by atoms with van der Waals surface area (Å²) in [6.07, 6.45) is 0. The number of carbonyl (C=O) groups is 1. The average molecular weight is 258 g/mol. The summed E-state index contributed by atoms with van der Waals surface area (Å²) in [5.41, 5.74) is 0.456. The van der Waals surface area contributed by atoms with Crippen LogP contribution in [0.5, 0.6) is 5.75 Å². The van der Waals surface area contributed by atoms with Crippen molar-refractivity contribution < 1.29 is 14.6 Å². The van der Waals surface area contributed by atoms with E-state index in [1.165, 1.54) is 7.11 Å². The molecule has 0 fully saturated rings. The molecule has 1 aromatic carbocycles. The quantitative estimate of drug-likeness (QED) is 0.851. The van der Waals surface area contributed by atoms with Gasteiger partial charge in [0.05, 0.1) is 7.11 Å². The fraction of sp³-hybridized carbons (Fsp3) is 0.417. The van der Waals surface area contributed by atoms with Gasteiger partial charge in [-0.05, 0) is 26.0 Å². The molecule has 1 rings (SSSR count). The van der Waals surface area contributed by atoms with E-state index in [1.54, 1.807) is 18.2 Å². The predicted octanol–water partition coefficient (Wildman–Crippen LogP) is 2.47. The van der Waals surface area contributed by atoms with Crippen LogP contribution in [0.25, 0.3) is 0 Å². The second-order valence-electron chi connectivity index (χ2n) is 3.95. The molecule has 0 aliphatic carbocycles. The number of methoxy groups -OCH3 is 1. The monoisotopic (exact) mass is 257 g/mol. The highest BCUT2D eigenvalue weighted by Crippen LogP contribution is 2.32. The zero-order valence-corrected chi connectivity index (χ0v) is 10.8. The average Bonchev–Trinajstić information content (AvgIpc) is 2.25. The van der Waals surface area contributed by atoms with Gasteiger partial charge in [-0.15, -0.1) is 0 Å². The topological polar surface area (TPSA) is 58.6 Å². The molecule has 5 heteroatoms. The van der Waals surface area contributed by atoms with Crippen molar-refractivity contribution in [2.45, 2.75) is 25.9 Å². The number of carboxylic acid groups (broad SMARTS) is 1. The number of rotatable bonds is 5. The number of aliphatic carboxylic acids is 1. The first-order valence-corrected chi connectivity index (χ1v) is 5.66. The molecule has 4 nitrogen and oxygen atoms in total. The molecule has 0 saturated heterocycles. The maximum atomic E-state index is 11.3.